The lowest BCUT2D eigenvalue weighted by Crippen LogP contribution is -2.34. The summed E-state index contributed by atoms with van der Waals surface area (Å²) in [5.41, 5.74) is 1.85. The fourth-order valence-electron chi connectivity index (χ4n) is 2.94. The van der Waals surface area contributed by atoms with Crippen LogP contribution in [0.3, 0.4) is 0 Å². The monoisotopic (exact) mass is 355 g/mol. The lowest BCUT2D eigenvalue weighted by Gasteiger charge is -2.13. The number of aromatic nitrogens is 2. The fraction of sp³-hybridized carbons (Fsp3) is 0.278. The van der Waals surface area contributed by atoms with Crippen LogP contribution < -0.4 is 0 Å². The minimum absolute atomic E-state index is 0.115. The number of rotatable bonds is 5. The van der Waals surface area contributed by atoms with Gasteiger partial charge in [0.05, 0.1) is 28.9 Å². The molecule has 0 saturated heterocycles. The molecule has 0 radical (unpaired) electrons. The Hall–Kier alpha value is -3.29. The van der Waals surface area contributed by atoms with E-state index in [1.54, 1.807) is 45.2 Å². The first-order chi connectivity index (χ1) is 12.3. The first kappa shape index (κ1) is 17.5. The van der Waals surface area contributed by atoms with Crippen LogP contribution in [0, 0.1) is 13.8 Å². The van der Waals surface area contributed by atoms with E-state index in [9.17, 15) is 19.2 Å². The number of carbonyl (C=O) groups is 4. The number of hydrogen-bond acceptors (Lipinski definition) is 6. The van der Waals surface area contributed by atoms with Crippen molar-refractivity contribution in [3.05, 3.63) is 52.3 Å². The summed E-state index contributed by atoms with van der Waals surface area (Å²) in [6.07, 6.45) is 0. The Morgan fingerprint density at radius 1 is 1.08 bits per heavy atom. The van der Waals surface area contributed by atoms with E-state index in [1.165, 1.54) is 4.68 Å². The van der Waals surface area contributed by atoms with Crippen molar-refractivity contribution in [3.8, 4) is 0 Å². The third-order valence-electron chi connectivity index (χ3n) is 4.35. The van der Waals surface area contributed by atoms with Gasteiger partial charge in [-0.15, -0.1) is 0 Å². The first-order valence-corrected chi connectivity index (χ1v) is 7.99. The summed E-state index contributed by atoms with van der Waals surface area (Å²) >= 11 is 0. The van der Waals surface area contributed by atoms with Crippen LogP contribution in [0.2, 0.25) is 0 Å². The van der Waals surface area contributed by atoms with Gasteiger partial charge in [0, 0.05) is 12.7 Å². The minimum Gasteiger partial charge on any atom is -0.458 e. The van der Waals surface area contributed by atoms with E-state index in [4.69, 9.17) is 4.74 Å². The van der Waals surface area contributed by atoms with Gasteiger partial charge in [0.15, 0.2) is 0 Å². The van der Waals surface area contributed by atoms with E-state index >= 15 is 0 Å². The van der Waals surface area contributed by atoms with E-state index in [-0.39, 0.29) is 18.7 Å². The molecule has 0 spiro atoms. The van der Waals surface area contributed by atoms with Crippen LogP contribution in [0.4, 0.5) is 0 Å². The van der Waals surface area contributed by atoms with Crippen LogP contribution in [0.5, 0.6) is 0 Å². The van der Waals surface area contributed by atoms with Crippen molar-refractivity contribution in [2.24, 2.45) is 7.05 Å². The number of aryl methyl sites for hydroxylation is 2. The highest BCUT2D eigenvalue weighted by molar-refractivity contribution is 6.41. The summed E-state index contributed by atoms with van der Waals surface area (Å²) in [4.78, 5) is 49.7. The molecule has 0 fully saturated rings. The predicted octanol–water partition coefficient (Wildman–Crippen LogP) is 1.06. The number of esters is 1. The van der Waals surface area contributed by atoms with Crippen LogP contribution in [0.1, 0.15) is 42.5 Å². The van der Waals surface area contributed by atoms with Gasteiger partial charge in [0.1, 0.15) is 6.61 Å². The maximum atomic E-state index is 12.3. The normalized spacial score (nSPS) is 13.1. The number of fused-ring (bicyclic) bond motifs is 1. The van der Waals surface area contributed by atoms with Gasteiger partial charge >= 0.3 is 5.97 Å². The number of ketones is 1. The zero-order valence-corrected chi connectivity index (χ0v) is 14.6. The summed E-state index contributed by atoms with van der Waals surface area (Å²) in [6, 6.07) is 6.48. The highest BCUT2D eigenvalue weighted by atomic mass is 16.5. The Bertz CT molecular complexity index is 909. The number of amides is 2. The molecule has 0 bridgehead atoms. The summed E-state index contributed by atoms with van der Waals surface area (Å²) in [7, 11) is 1.67. The van der Waals surface area contributed by atoms with Crippen LogP contribution in [0.15, 0.2) is 24.3 Å². The third kappa shape index (κ3) is 2.79. The zero-order valence-electron chi connectivity index (χ0n) is 14.6. The van der Waals surface area contributed by atoms with E-state index in [0.29, 0.717) is 22.5 Å². The second kappa shape index (κ2) is 6.55. The molecule has 26 heavy (non-hydrogen) atoms. The Morgan fingerprint density at radius 2 is 1.65 bits per heavy atom. The molecule has 1 aliphatic rings. The SMILES string of the molecule is Cc1nn(C)c(C)c1C(=O)C(=O)OCCN1C(=O)c2ccccc2C1=O. The van der Waals surface area contributed by atoms with Gasteiger partial charge in [-0.05, 0) is 26.0 Å². The predicted molar refractivity (Wildman–Crippen MR) is 89.8 cm³/mol. The Kier molecular flexibility index (Phi) is 4.41. The first-order valence-electron chi connectivity index (χ1n) is 7.99. The molecule has 0 unspecified atom stereocenters. The number of ether oxygens (including phenoxy) is 1. The zero-order chi connectivity index (χ0) is 19.0. The molecule has 2 heterocycles. The number of benzene rings is 1. The van der Waals surface area contributed by atoms with E-state index in [2.05, 4.69) is 5.10 Å². The van der Waals surface area contributed by atoms with Crippen LogP contribution in [-0.4, -0.2) is 51.4 Å². The van der Waals surface area contributed by atoms with E-state index < -0.39 is 23.6 Å². The molecular formula is C18H17N3O5. The standard InChI is InChI=1S/C18H17N3O5/c1-10-14(11(2)20(3)19-10)15(22)18(25)26-9-8-21-16(23)12-6-4-5-7-13(12)17(21)24/h4-7H,8-9H2,1-3H3. The summed E-state index contributed by atoms with van der Waals surface area (Å²) in [5, 5.41) is 4.09. The second-order valence-corrected chi connectivity index (χ2v) is 5.94. The number of nitrogens with zero attached hydrogens (tertiary/aromatic N) is 3. The van der Waals surface area contributed by atoms with Crippen LogP contribution in [0.25, 0.3) is 0 Å². The summed E-state index contributed by atoms with van der Waals surface area (Å²) in [5.74, 6) is -2.71. The molecule has 0 saturated carbocycles. The molecular weight excluding hydrogens is 338 g/mol. The molecule has 2 aromatic rings. The van der Waals surface area contributed by atoms with Crippen molar-refractivity contribution in [1.29, 1.82) is 0 Å². The molecule has 1 aromatic heterocycles. The average molecular weight is 355 g/mol. The maximum Gasteiger partial charge on any atom is 0.379 e. The van der Waals surface area contributed by atoms with Gasteiger partial charge in [0.2, 0.25) is 0 Å². The number of imide groups is 1. The Balaban J connectivity index is 1.62. The lowest BCUT2D eigenvalue weighted by molar-refractivity contribution is -0.138. The molecule has 0 N–H and O–H groups in total. The number of hydrogen-bond donors (Lipinski definition) is 0. The largest absolute Gasteiger partial charge is 0.458 e. The molecule has 0 atom stereocenters. The van der Waals surface area contributed by atoms with Crippen LogP contribution in [-0.2, 0) is 16.6 Å². The van der Waals surface area contributed by atoms with Crippen molar-refractivity contribution >= 4 is 23.6 Å². The van der Waals surface area contributed by atoms with Crippen molar-refractivity contribution in [2.75, 3.05) is 13.2 Å². The Labute approximate surface area is 149 Å². The van der Waals surface area contributed by atoms with Gasteiger partial charge < -0.3 is 4.74 Å². The maximum absolute atomic E-state index is 12.3. The van der Waals surface area contributed by atoms with Gasteiger partial charge in [-0.25, -0.2) is 4.79 Å². The van der Waals surface area contributed by atoms with Crippen LogP contribution >= 0.6 is 0 Å². The highest BCUT2D eigenvalue weighted by Crippen LogP contribution is 2.22. The smallest absolute Gasteiger partial charge is 0.379 e. The van der Waals surface area contributed by atoms with Gasteiger partial charge in [-0.1, -0.05) is 12.1 Å². The van der Waals surface area contributed by atoms with Gasteiger partial charge in [-0.3, -0.25) is 24.0 Å². The Morgan fingerprint density at radius 3 is 2.15 bits per heavy atom. The molecule has 1 aliphatic heterocycles. The molecule has 1 aromatic carbocycles. The van der Waals surface area contributed by atoms with E-state index in [1.807, 2.05) is 0 Å². The molecule has 2 amide bonds. The number of Topliss-reactive ketones (excluding diaryl/α,β-unsaturated/α-hetero) is 1. The summed E-state index contributed by atoms with van der Waals surface area (Å²) in [6.45, 7) is 2.94. The average Bonchev–Trinajstić information content (AvgIpc) is 3.01. The van der Waals surface area contributed by atoms with Crippen molar-refractivity contribution < 1.29 is 23.9 Å². The minimum atomic E-state index is -1.04. The lowest BCUT2D eigenvalue weighted by atomic mass is 10.1. The summed E-state index contributed by atoms with van der Waals surface area (Å²) < 4.78 is 6.47. The number of carbonyl (C=O) groups excluding carboxylic acids is 4. The third-order valence-corrected chi connectivity index (χ3v) is 4.35. The molecule has 8 nitrogen and oxygen atoms in total. The van der Waals surface area contributed by atoms with Gasteiger partial charge in [0.25, 0.3) is 17.6 Å². The molecule has 3 rings (SSSR count). The molecule has 8 heteroatoms. The quantitative estimate of drug-likeness (QED) is 0.344. The van der Waals surface area contributed by atoms with Crippen molar-refractivity contribution in [3.63, 3.8) is 0 Å². The second-order valence-electron chi connectivity index (χ2n) is 5.94. The fourth-order valence-corrected chi connectivity index (χ4v) is 2.94. The van der Waals surface area contributed by atoms with E-state index in [0.717, 1.165) is 4.90 Å². The van der Waals surface area contributed by atoms with Gasteiger partial charge in [-0.2, -0.15) is 5.10 Å². The topological polar surface area (TPSA) is 98.6 Å². The van der Waals surface area contributed by atoms with Crippen molar-refractivity contribution in [2.45, 2.75) is 13.8 Å². The molecule has 134 valence electrons. The highest BCUT2D eigenvalue weighted by Gasteiger charge is 2.35. The van der Waals surface area contributed by atoms with Crippen molar-refractivity contribution in [1.82, 2.24) is 14.7 Å². The molecule has 0 aliphatic carbocycles.